The molecule has 1 unspecified atom stereocenters. The smallest absolute Gasteiger partial charge is 0.383 e. The van der Waals surface area contributed by atoms with Crippen LogP contribution in [0.15, 0.2) is 22.9 Å². The molecule has 0 spiro atoms. The number of nitrogens with zero attached hydrogens (tertiary/aromatic N) is 6. The minimum atomic E-state index is -4.93. The van der Waals surface area contributed by atoms with Crippen molar-refractivity contribution in [1.82, 2.24) is 29.5 Å². The fraction of sp³-hybridized carbons (Fsp3) is 0.333. The average molecular weight is 544 g/mol. The summed E-state index contributed by atoms with van der Waals surface area (Å²) in [5.41, 5.74) is 4.29. The van der Waals surface area contributed by atoms with Crippen LogP contribution in [0.4, 0.5) is 42.4 Å². The van der Waals surface area contributed by atoms with E-state index in [1.165, 1.54) is 17.4 Å². The lowest BCUT2D eigenvalue weighted by molar-refractivity contribution is -0.146. The number of aromatic nitrogens is 6. The van der Waals surface area contributed by atoms with Crippen LogP contribution in [0, 0.1) is 5.82 Å². The minimum Gasteiger partial charge on any atom is -0.383 e. The van der Waals surface area contributed by atoms with Gasteiger partial charge in [-0.3, -0.25) is 4.79 Å². The zero-order valence-corrected chi connectivity index (χ0v) is 19.1. The Morgan fingerprint density at radius 3 is 2.50 bits per heavy atom. The van der Waals surface area contributed by atoms with E-state index < -0.39 is 47.6 Å². The van der Waals surface area contributed by atoms with E-state index in [-0.39, 0.29) is 52.9 Å². The van der Waals surface area contributed by atoms with E-state index in [0.717, 1.165) is 12.3 Å². The highest BCUT2D eigenvalue weighted by Crippen LogP contribution is 2.45. The number of amides is 1. The first kappa shape index (κ1) is 25.3. The fourth-order valence-corrected chi connectivity index (χ4v) is 4.17. The summed E-state index contributed by atoms with van der Waals surface area (Å²) >= 11 is 0. The summed E-state index contributed by atoms with van der Waals surface area (Å²) in [6, 6.07) is 2.42. The number of alkyl halides is 6. The summed E-state index contributed by atoms with van der Waals surface area (Å²) in [6.07, 6.45) is -9.82. The molecule has 200 valence electrons. The predicted molar refractivity (Wildman–Crippen MR) is 114 cm³/mol. The Kier molecular flexibility index (Phi) is 5.57. The summed E-state index contributed by atoms with van der Waals surface area (Å²) < 4.78 is 96.8. The number of carbonyl (C=O) groups excluding carboxylic acids is 1. The van der Waals surface area contributed by atoms with Crippen LogP contribution in [0.2, 0.25) is 0 Å². The maximum Gasteiger partial charge on any atom is 0.455 e. The molecule has 0 bridgehead atoms. The van der Waals surface area contributed by atoms with Crippen molar-refractivity contribution < 1.29 is 40.1 Å². The van der Waals surface area contributed by atoms with Gasteiger partial charge in [-0.25, -0.2) is 19.3 Å². The quantitative estimate of drug-likeness (QED) is 0.359. The number of nitrogen functional groups attached to an aromatic ring is 1. The van der Waals surface area contributed by atoms with Gasteiger partial charge in [-0.1, -0.05) is 5.16 Å². The number of carbonyl (C=O) groups is 1. The van der Waals surface area contributed by atoms with Gasteiger partial charge < -0.3 is 20.0 Å². The van der Waals surface area contributed by atoms with Crippen LogP contribution in [0.5, 0.6) is 0 Å². The van der Waals surface area contributed by atoms with Crippen molar-refractivity contribution in [2.24, 2.45) is 0 Å². The number of pyridine rings is 1. The Labute approximate surface area is 207 Å². The molecule has 5 heterocycles. The second-order valence-corrected chi connectivity index (χ2v) is 8.60. The number of rotatable bonds is 5. The highest BCUT2D eigenvalue weighted by molar-refractivity contribution is 6.08. The highest BCUT2D eigenvalue weighted by atomic mass is 19.4. The number of imidazole rings is 1. The zero-order chi connectivity index (χ0) is 27.6. The van der Waals surface area contributed by atoms with Crippen LogP contribution in [0.3, 0.4) is 0 Å². The van der Waals surface area contributed by atoms with Crippen molar-refractivity contribution in [2.75, 3.05) is 11.1 Å². The van der Waals surface area contributed by atoms with E-state index in [1.807, 2.05) is 0 Å². The summed E-state index contributed by atoms with van der Waals surface area (Å²) in [7, 11) is 0. The molecule has 0 aromatic carbocycles. The van der Waals surface area contributed by atoms with E-state index in [9.17, 15) is 35.5 Å². The molecule has 4 aromatic rings. The lowest BCUT2D eigenvalue weighted by Crippen LogP contribution is -2.33. The predicted octanol–water partition coefficient (Wildman–Crippen LogP) is 4.06. The zero-order valence-electron chi connectivity index (χ0n) is 19.1. The van der Waals surface area contributed by atoms with Crippen molar-refractivity contribution in [3.8, 4) is 11.5 Å². The Morgan fingerprint density at radius 1 is 1.11 bits per heavy atom. The monoisotopic (exact) mass is 544 g/mol. The SMILES string of the molecule is CC1(c2nc(C(F)(F)F)no2)C(=O)Nc2nc(-c3nc(CCCC(F)(F)F)n4cc(F)ccc34)nc(N)c21. The van der Waals surface area contributed by atoms with Gasteiger partial charge >= 0.3 is 12.4 Å². The Hall–Kier alpha value is -4.31. The number of hydrogen-bond donors (Lipinski definition) is 2. The second kappa shape index (κ2) is 8.35. The standard InChI is InChI=1S/C21H15F7N8O2/c1-19(18-34-16(35-38-18)21(26,27)28)11-13(29)31-15(32-14(11)33-17(19)37)12-9-5-4-8(22)7-36(9)10(30-12)3-2-6-20(23,24)25/h4-5,7H,2-3,6H2,1H3,(H3,29,31,32,33,37). The van der Waals surface area contributed by atoms with E-state index >= 15 is 0 Å². The van der Waals surface area contributed by atoms with Crippen LogP contribution in [0.1, 0.15) is 42.9 Å². The average Bonchev–Trinajstić information content (AvgIpc) is 3.49. The van der Waals surface area contributed by atoms with Gasteiger partial charge in [0, 0.05) is 19.0 Å². The summed E-state index contributed by atoms with van der Waals surface area (Å²) in [4.78, 5) is 28.8. The number of halogens is 7. The third-order valence-electron chi connectivity index (χ3n) is 5.98. The van der Waals surface area contributed by atoms with E-state index in [1.54, 1.807) is 0 Å². The fourth-order valence-electron chi connectivity index (χ4n) is 4.17. The summed E-state index contributed by atoms with van der Waals surface area (Å²) in [6.45, 7) is 1.20. The van der Waals surface area contributed by atoms with Gasteiger partial charge in [-0.05, 0) is 25.5 Å². The normalized spacial score (nSPS) is 17.7. The van der Waals surface area contributed by atoms with Crippen LogP contribution in [-0.2, 0) is 22.8 Å². The van der Waals surface area contributed by atoms with Crippen LogP contribution < -0.4 is 11.1 Å². The maximum absolute atomic E-state index is 13.9. The van der Waals surface area contributed by atoms with Gasteiger partial charge in [0.2, 0.25) is 11.8 Å². The molecule has 3 N–H and O–H groups in total. The molecular weight excluding hydrogens is 529 g/mol. The van der Waals surface area contributed by atoms with Gasteiger partial charge in [0.05, 0.1) is 11.1 Å². The molecule has 0 radical (unpaired) electrons. The number of nitrogens with one attached hydrogen (secondary N) is 1. The number of nitrogens with two attached hydrogens (primary N) is 1. The molecule has 0 fully saturated rings. The van der Waals surface area contributed by atoms with Gasteiger partial charge in [-0.15, -0.1) is 0 Å². The van der Waals surface area contributed by atoms with Gasteiger partial charge in [-0.2, -0.15) is 31.3 Å². The third-order valence-corrected chi connectivity index (χ3v) is 5.98. The molecule has 0 saturated heterocycles. The second-order valence-electron chi connectivity index (χ2n) is 8.60. The molecule has 1 atom stereocenters. The van der Waals surface area contributed by atoms with Gasteiger partial charge in [0.25, 0.3) is 5.82 Å². The largest absolute Gasteiger partial charge is 0.455 e. The van der Waals surface area contributed by atoms with Crippen molar-refractivity contribution in [3.05, 3.63) is 47.2 Å². The number of hydrogen-bond acceptors (Lipinski definition) is 8. The lowest BCUT2D eigenvalue weighted by atomic mass is 9.84. The van der Waals surface area contributed by atoms with E-state index in [0.29, 0.717) is 0 Å². The minimum absolute atomic E-state index is 0.0292. The van der Waals surface area contributed by atoms with Crippen LogP contribution in [-0.4, -0.2) is 41.6 Å². The number of fused-ring (bicyclic) bond motifs is 2. The molecule has 1 aliphatic rings. The van der Waals surface area contributed by atoms with Crippen LogP contribution >= 0.6 is 0 Å². The molecule has 0 aliphatic carbocycles. The molecule has 10 nitrogen and oxygen atoms in total. The molecule has 1 amide bonds. The van der Waals surface area contributed by atoms with Crippen LogP contribution in [0.25, 0.3) is 17.0 Å². The van der Waals surface area contributed by atoms with Gasteiger partial charge in [0.1, 0.15) is 29.0 Å². The molecule has 17 heteroatoms. The summed E-state index contributed by atoms with van der Waals surface area (Å²) in [5.74, 6) is -4.41. The van der Waals surface area contributed by atoms with Crippen molar-refractivity contribution in [3.63, 3.8) is 0 Å². The number of aryl methyl sites for hydroxylation is 1. The van der Waals surface area contributed by atoms with Crippen molar-refractivity contribution in [2.45, 2.75) is 44.0 Å². The molecule has 1 aliphatic heterocycles. The maximum atomic E-state index is 13.9. The van der Waals surface area contributed by atoms with Crippen molar-refractivity contribution >= 4 is 23.1 Å². The first-order valence-electron chi connectivity index (χ1n) is 10.8. The lowest BCUT2D eigenvalue weighted by Gasteiger charge is -2.17. The third kappa shape index (κ3) is 4.16. The highest BCUT2D eigenvalue weighted by Gasteiger charge is 2.53. The molecule has 5 rings (SSSR count). The molecule has 38 heavy (non-hydrogen) atoms. The first-order valence-corrected chi connectivity index (χ1v) is 10.8. The van der Waals surface area contributed by atoms with Gasteiger partial charge in [0.15, 0.2) is 11.2 Å². The topological polar surface area (TPSA) is 137 Å². The Bertz CT molecular complexity index is 1580. The molecular formula is C21H15F7N8O2. The molecule has 0 saturated carbocycles. The van der Waals surface area contributed by atoms with Crippen molar-refractivity contribution in [1.29, 1.82) is 0 Å². The first-order chi connectivity index (χ1) is 17.7. The van der Waals surface area contributed by atoms with E-state index in [2.05, 4.69) is 30.4 Å². The Balaban J connectivity index is 1.58. The van der Waals surface area contributed by atoms with E-state index in [4.69, 9.17) is 10.3 Å². The Morgan fingerprint density at radius 2 is 1.84 bits per heavy atom. The molecule has 4 aromatic heterocycles. The summed E-state index contributed by atoms with van der Waals surface area (Å²) in [5, 5.41) is 5.28. The number of anilines is 2.